The molecule has 0 unspecified atom stereocenters. The summed E-state index contributed by atoms with van der Waals surface area (Å²) in [7, 11) is 1.76. The zero-order chi connectivity index (χ0) is 21.4. The van der Waals surface area contributed by atoms with Gasteiger partial charge in [0.1, 0.15) is 0 Å². The molecule has 1 aromatic carbocycles. The Bertz CT molecular complexity index is 744. The van der Waals surface area contributed by atoms with Crippen molar-refractivity contribution in [2.24, 2.45) is 0 Å². The van der Waals surface area contributed by atoms with Crippen LogP contribution in [0.1, 0.15) is 30.9 Å². The summed E-state index contributed by atoms with van der Waals surface area (Å²) in [6.07, 6.45) is 5.51. The molecule has 0 saturated carbocycles. The number of alkyl halides is 3. The van der Waals surface area contributed by atoms with Crippen LogP contribution in [0.15, 0.2) is 60.7 Å². The molecule has 0 radical (unpaired) electrons. The minimum Gasteiger partial charge on any atom is -0.337 e. The molecule has 1 atom stereocenters. The Labute approximate surface area is 171 Å². The molecule has 6 heteroatoms. The van der Waals surface area contributed by atoms with Crippen LogP contribution in [-0.2, 0) is 17.4 Å². The van der Waals surface area contributed by atoms with E-state index in [0.29, 0.717) is 5.56 Å². The van der Waals surface area contributed by atoms with Crippen molar-refractivity contribution in [3.05, 3.63) is 71.8 Å². The predicted molar refractivity (Wildman–Crippen MR) is 110 cm³/mol. The van der Waals surface area contributed by atoms with Crippen molar-refractivity contribution in [3.8, 4) is 0 Å². The summed E-state index contributed by atoms with van der Waals surface area (Å²) in [6.45, 7) is 8.44. The maximum atomic E-state index is 12.9. The zero-order valence-electron chi connectivity index (χ0n) is 17.1. The molecule has 1 heterocycles. The molecule has 1 aliphatic heterocycles. The van der Waals surface area contributed by atoms with Gasteiger partial charge in [-0.1, -0.05) is 43.0 Å². The number of hydrogen-bond acceptors (Lipinski definition) is 2. The highest BCUT2D eigenvalue weighted by atomic mass is 19.4. The number of amides is 1. The fourth-order valence-electron chi connectivity index (χ4n) is 3.55. The smallest absolute Gasteiger partial charge is 0.337 e. The third-order valence-electron chi connectivity index (χ3n) is 5.18. The quantitative estimate of drug-likeness (QED) is 0.576. The highest BCUT2D eigenvalue weighted by Gasteiger charge is 2.30. The normalized spacial score (nSPS) is 16.9. The van der Waals surface area contributed by atoms with E-state index in [9.17, 15) is 18.0 Å². The highest BCUT2D eigenvalue weighted by molar-refractivity contribution is 5.79. The second-order valence-corrected chi connectivity index (χ2v) is 7.30. The van der Waals surface area contributed by atoms with Gasteiger partial charge in [-0.15, -0.1) is 0 Å². The molecule has 1 amide bonds. The van der Waals surface area contributed by atoms with E-state index in [0.717, 1.165) is 50.2 Å². The van der Waals surface area contributed by atoms with E-state index in [2.05, 4.69) is 11.5 Å². The molecule has 0 aromatic heterocycles. The second kappa shape index (κ2) is 10.4. The number of benzene rings is 1. The van der Waals surface area contributed by atoms with E-state index >= 15 is 0 Å². The van der Waals surface area contributed by atoms with Gasteiger partial charge in [0.25, 0.3) is 0 Å². The van der Waals surface area contributed by atoms with Crippen molar-refractivity contribution in [2.45, 2.75) is 38.4 Å². The van der Waals surface area contributed by atoms with Crippen LogP contribution in [0.2, 0.25) is 0 Å². The SMILES string of the molecule is C=C/C=C(\C=C/C)[C@@H](CN1CCCC1)N(C)C(=O)Cc1ccc(C(F)(F)F)cc1. The lowest BCUT2D eigenvalue weighted by Gasteiger charge is -2.33. The highest BCUT2D eigenvalue weighted by Crippen LogP contribution is 2.29. The predicted octanol–water partition coefficient (Wildman–Crippen LogP) is 4.86. The van der Waals surface area contributed by atoms with E-state index in [1.807, 2.05) is 25.2 Å². The summed E-state index contributed by atoms with van der Waals surface area (Å²) < 4.78 is 38.2. The molecule has 0 spiro atoms. The Morgan fingerprint density at radius 2 is 1.86 bits per heavy atom. The van der Waals surface area contributed by atoms with Gasteiger partial charge in [0.2, 0.25) is 5.91 Å². The molecule has 1 aromatic rings. The van der Waals surface area contributed by atoms with E-state index in [-0.39, 0.29) is 18.4 Å². The molecule has 1 saturated heterocycles. The van der Waals surface area contributed by atoms with E-state index < -0.39 is 11.7 Å². The van der Waals surface area contributed by atoms with E-state index in [1.165, 1.54) is 12.1 Å². The van der Waals surface area contributed by atoms with Crippen LogP contribution in [0.3, 0.4) is 0 Å². The zero-order valence-corrected chi connectivity index (χ0v) is 17.1. The average molecular weight is 406 g/mol. The fraction of sp³-hybridized carbons (Fsp3) is 0.435. The van der Waals surface area contributed by atoms with Crippen molar-refractivity contribution in [2.75, 3.05) is 26.7 Å². The van der Waals surface area contributed by atoms with Gasteiger partial charge >= 0.3 is 6.18 Å². The van der Waals surface area contributed by atoms with Crippen molar-refractivity contribution in [1.29, 1.82) is 0 Å². The number of likely N-dealkylation sites (N-methyl/N-ethyl adjacent to an activating group) is 1. The minimum atomic E-state index is -4.38. The molecule has 3 nitrogen and oxygen atoms in total. The van der Waals surface area contributed by atoms with Crippen molar-refractivity contribution >= 4 is 5.91 Å². The van der Waals surface area contributed by atoms with Crippen LogP contribution in [-0.4, -0.2) is 48.4 Å². The second-order valence-electron chi connectivity index (χ2n) is 7.30. The number of rotatable bonds is 8. The van der Waals surface area contributed by atoms with Gasteiger partial charge in [0.15, 0.2) is 0 Å². The van der Waals surface area contributed by atoms with Crippen molar-refractivity contribution in [1.82, 2.24) is 9.80 Å². The number of halogens is 3. The summed E-state index contributed by atoms with van der Waals surface area (Å²) >= 11 is 0. The van der Waals surface area contributed by atoms with Gasteiger partial charge in [-0.2, -0.15) is 13.2 Å². The number of hydrogen-bond donors (Lipinski definition) is 0. The molecule has 1 aliphatic rings. The first-order chi connectivity index (χ1) is 13.8. The van der Waals surface area contributed by atoms with Gasteiger partial charge in [-0.3, -0.25) is 4.79 Å². The van der Waals surface area contributed by atoms with Gasteiger partial charge in [-0.05, 0) is 56.1 Å². The standard InChI is InChI=1S/C23H29F3N2O/c1-4-8-19(9-5-2)21(17-28-14-6-7-15-28)27(3)22(29)16-18-10-12-20(13-11-18)23(24,25)26/h4-5,8-13,21H,1,6-7,14-17H2,2-3H3/b9-5-,19-8+/t21-/m1/s1. The number of likely N-dealkylation sites (tertiary alicyclic amines) is 1. The number of carbonyl (C=O) groups excluding carboxylic acids is 1. The summed E-state index contributed by atoms with van der Waals surface area (Å²) in [5.74, 6) is -0.131. The maximum absolute atomic E-state index is 12.9. The van der Waals surface area contributed by atoms with Gasteiger partial charge in [0, 0.05) is 13.6 Å². The molecule has 1 fully saturated rings. The molecule has 0 bridgehead atoms. The van der Waals surface area contributed by atoms with Crippen LogP contribution in [0.25, 0.3) is 0 Å². The molecule has 2 rings (SSSR count). The topological polar surface area (TPSA) is 23.6 Å². The van der Waals surface area contributed by atoms with Gasteiger partial charge in [0.05, 0.1) is 18.0 Å². The number of carbonyl (C=O) groups is 1. The summed E-state index contributed by atoms with van der Waals surface area (Å²) in [5.41, 5.74) is 0.839. The maximum Gasteiger partial charge on any atom is 0.416 e. The Morgan fingerprint density at radius 3 is 2.38 bits per heavy atom. The first-order valence-corrected chi connectivity index (χ1v) is 9.85. The van der Waals surface area contributed by atoms with E-state index in [4.69, 9.17) is 0 Å². The molecule has 0 aliphatic carbocycles. The van der Waals surface area contributed by atoms with Crippen molar-refractivity contribution in [3.63, 3.8) is 0 Å². The number of allylic oxidation sites excluding steroid dienone is 3. The Hall–Kier alpha value is -2.34. The van der Waals surface area contributed by atoms with Gasteiger partial charge in [-0.25, -0.2) is 0 Å². The number of nitrogens with zero attached hydrogens (tertiary/aromatic N) is 2. The Kier molecular flexibility index (Phi) is 8.26. The lowest BCUT2D eigenvalue weighted by atomic mass is 10.0. The molecular formula is C23H29F3N2O. The summed E-state index contributed by atoms with van der Waals surface area (Å²) in [5, 5.41) is 0. The van der Waals surface area contributed by atoms with E-state index in [1.54, 1.807) is 18.0 Å². The molecular weight excluding hydrogens is 377 g/mol. The summed E-state index contributed by atoms with van der Waals surface area (Å²) in [6, 6.07) is 4.64. The largest absolute Gasteiger partial charge is 0.416 e. The first kappa shape index (κ1) is 22.9. The van der Waals surface area contributed by atoms with Crippen LogP contribution in [0.4, 0.5) is 13.2 Å². The van der Waals surface area contributed by atoms with Crippen LogP contribution in [0, 0.1) is 0 Å². The van der Waals surface area contributed by atoms with Gasteiger partial charge < -0.3 is 9.80 Å². The fourth-order valence-corrected chi connectivity index (χ4v) is 3.55. The minimum absolute atomic E-state index is 0.0579. The molecule has 0 N–H and O–H groups in total. The third kappa shape index (κ3) is 6.60. The van der Waals surface area contributed by atoms with Crippen molar-refractivity contribution < 1.29 is 18.0 Å². The summed E-state index contributed by atoms with van der Waals surface area (Å²) in [4.78, 5) is 17.0. The molecule has 158 valence electrons. The monoisotopic (exact) mass is 406 g/mol. The average Bonchev–Trinajstić information content (AvgIpc) is 3.18. The first-order valence-electron chi connectivity index (χ1n) is 9.85. The Balaban J connectivity index is 2.17. The van der Waals surface area contributed by atoms with Crippen LogP contribution in [0.5, 0.6) is 0 Å². The third-order valence-corrected chi connectivity index (χ3v) is 5.18. The van der Waals surface area contributed by atoms with Crippen LogP contribution < -0.4 is 0 Å². The van der Waals surface area contributed by atoms with Crippen LogP contribution >= 0.6 is 0 Å². The lowest BCUT2D eigenvalue weighted by Crippen LogP contribution is -2.45. The Morgan fingerprint density at radius 1 is 1.24 bits per heavy atom. The molecule has 29 heavy (non-hydrogen) atoms. The lowest BCUT2D eigenvalue weighted by molar-refractivity contribution is -0.137.